The van der Waals surface area contributed by atoms with Crippen molar-refractivity contribution in [2.45, 2.75) is 0 Å². The third-order valence-electron chi connectivity index (χ3n) is 0.749. The molecule has 0 aliphatic heterocycles. The molecule has 4 heteroatoms. The number of nitrogens with zero attached hydrogens (tertiary/aromatic N) is 2. The van der Waals surface area contributed by atoms with Crippen LogP contribution in [-0.4, -0.2) is 3.59 Å². The SMILES string of the molecule is O=Nc1ccn(Br)c1. The minimum Gasteiger partial charge on any atom is -0.289 e. The van der Waals surface area contributed by atoms with E-state index >= 15 is 0 Å². The number of aromatic nitrogens is 1. The summed E-state index contributed by atoms with van der Waals surface area (Å²) in [6, 6.07) is 1.61. The maximum absolute atomic E-state index is 9.74. The van der Waals surface area contributed by atoms with Crippen LogP contribution in [0.3, 0.4) is 0 Å². The van der Waals surface area contributed by atoms with E-state index in [1.807, 2.05) is 0 Å². The van der Waals surface area contributed by atoms with E-state index < -0.39 is 0 Å². The molecule has 0 aromatic carbocycles. The van der Waals surface area contributed by atoms with Crippen LogP contribution in [0, 0.1) is 4.91 Å². The lowest BCUT2D eigenvalue weighted by molar-refractivity contribution is 1.32. The molecule has 1 heterocycles. The van der Waals surface area contributed by atoms with Crippen LogP contribution in [0.1, 0.15) is 0 Å². The summed E-state index contributed by atoms with van der Waals surface area (Å²) >= 11 is 3.09. The van der Waals surface area contributed by atoms with Crippen molar-refractivity contribution < 1.29 is 0 Å². The second kappa shape index (κ2) is 2.09. The van der Waals surface area contributed by atoms with Crippen molar-refractivity contribution in [3.05, 3.63) is 23.4 Å². The zero-order valence-corrected chi connectivity index (χ0v) is 5.50. The maximum Gasteiger partial charge on any atom is 0.126 e. The van der Waals surface area contributed by atoms with Crippen LogP contribution in [0.15, 0.2) is 23.6 Å². The van der Waals surface area contributed by atoms with Crippen LogP contribution < -0.4 is 0 Å². The highest BCUT2D eigenvalue weighted by atomic mass is 79.9. The molecule has 0 amide bonds. The van der Waals surface area contributed by atoms with Gasteiger partial charge in [0.1, 0.15) is 5.69 Å². The molecular weight excluding hydrogens is 172 g/mol. The molecule has 0 aliphatic carbocycles. The summed E-state index contributed by atoms with van der Waals surface area (Å²) in [5, 5.41) is 2.69. The zero-order chi connectivity index (χ0) is 5.98. The number of rotatable bonds is 1. The number of nitroso groups, excluding NO2 is 1. The Morgan fingerprint density at radius 2 is 2.50 bits per heavy atom. The van der Waals surface area contributed by atoms with Crippen LogP contribution in [0.4, 0.5) is 5.69 Å². The van der Waals surface area contributed by atoms with Crippen LogP contribution in [-0.2, 0) is 0 Å². The molecule has 0 unspecified atom stereocenters. The lowest BCUT2D eigenvalue weighted by Gasteiger charge is -1.76. The van der Waals surface area contributed by atoms with Crippen molar-refractivity contribution in [2.24, 2.45) is 5.18 Å². The van der Waals surface area contributed by atoms with Gasteiger partial charge in [0.2, 0.25) is 0 Å². The van der Waals surface area contributed by atoms with E-state index in [4.69, 9.17) is 0 Å². The first kappa shape index (κ1) is 5.50. The van der Waals surface area contributed by atoms with Crippen molar-refractivity contribution in [3.63, 3.8) is 0 Å². The Kier molecular flexibility index (Phi) is 1.43. The highest BCUT2D eigenvalue weighted by Gasteiger charge is 1.89. The Hall–Kier alpha value is -0.640. The topological polar surface area (TPSA) is 34.4 Å². The van der Waals surface area contributed by atoms with Gasteiger partial charge in [-0.3, -0.25) is 3.59 Å². The number of hydrogen-bond donors (Lipinski definition) is 0. The van der Waals surface area contributed by atoms with Gasteiger partial charge in [0.15, 0.2) is 0 Å². The van der Waals surface area contributed by atoms with Crippen molar-refractivity contribution in [3.8, 4) is 0 Å². The smallest absolute Gasteiger partial charge is 0.126 e. The first-order valence-electron chi connectivity index (χ1n) is 2.00. The average molecular weight is 175 g/mol. The largest absolute Gasteiger partial charge is 0.289 e. The first-order valence-corrected chi connectivity index (χ1v) is 2.71. The lowest BCUT2D eigenvalue weighted by atomic mass is 10.6. The molecule has 0 fully saturated rings. The van der Waals surface area contributed by atoms with E-state index in [-0.39, 0.29) is 0 Å². The summed E-state index contributed by atoms with van der Waals surface area (Å²) in [6.45, 7) is 0. The Bertz CT molecular complexity index is 196. The summed E-state index contributed by atoms with van der Waals surface area (Å²) < 4.78 is 1.59. The van der Waals surface area contributed by atoms with Gasteiger partial charge in [-0.1, -0.05) is 0 Å². The van der Waals surface area contributed by atoms with E-state index in [2.05, 4.69) is 21.3 Å². The molecule has 0 saturated carbocycles. The van der Waals surface area contributed by atoms with Gasteiger partial charge in [-0.15, -0.1) is 4.91 Å². The minimum atomic E-state index is 0.432. The Balaban J connectivity index is 3.00. The van der Waals surface area contributed by atoms with Crippen LogP contribution in [0.5, 0.6) is 0 Å². The maximum atomic E-state index is 9.74. The molecule has 0 radical (unpaired) electrons. The molecule has 0 aliphatic rings. The van der Waals surface area contributed by atoms with Crippen molar-refractivity contribution in [1.29, 1.82) is 0 Å². The fourth-order valence-corrected chi connectivity index (χ4v) is 0.742. The highest BCUT2D eigenvalue weighted by molar-refractivity contribution is 9.08. The van der Waals surface area contributed by atoms with Crippen LogP contribution >= 0.6 is 16.1 Å². The summed E-state index contributed by atoms with van der Waals surface area (Å²) in [6.07, 6.45) is 3.27. The van der Waals surface area contributed by atoms with Crippen molar-refractivity contribution in [1.82, 2.24) is 3.59 Å². The van der Waals surface area contributed by atoms with E-state index in [0.717, 1.165) is 0 Å². The molecule has 0 N–H and O–H groups in total. The van der Waals surface area contributed by atoms with E-state index in [9.17, 15) is 4.91 Å². The second-order valence-electron chi connectivity index (χ2n) is 1.31. The van der Waals surface area contributed by atoms with Gasteiger partial charge in [-0.25, -0.2) is 0 Å². The molecule has 0 spiro atoms. The number of hydrogen-bond acceptors (Lipinski definition) is 2. The highest BCUT2D eigenvalue weighted by Crippen LogP contribution is 2.11. The molecule has 1 aromatic rings. The van der Waals surface area contributed by atoms with Gasteiger partial charge >= 0.3 is 0 Å². The molecule has 0 saturated heterocycles. The van der Waals surface area contributed by atoms with E-state index in [1.165, 1.54) is 0 Å². The van der Waals surface area contributed by atoms with Crippen LogP contribution in [0.2, 0.25) is 0 Å². The molecule has 3 nitrogen and oxygen atoms in total. The van der Waals surface area contributed by atoms with Gasteiger partial charge in [-0.2, -0.15) is 0 Å². The van der Waals surface area contributed by atoms with Gasteiger partial charge < -0.3 is 0 Å². The molecule has 1 aromatic heterocycles. The standard InChI is InChI=1S/C4H3BrN2O/c5-7-2-1-4(3-7)6-8/h1-3H. The zero-order valence-electron chi connectivity index (χ0n) is 3.91. The van der Waals surface area contributed by atoms with Gasteiger partial charge in [0.25, 0.3) is 0 Å². The van der Waals surface area contributed by atoms with E-state index in [1.54, 1.807) is 22.1 Å². The normalized spacial score (nSPS) is 9.12. The van der Waals surface area contributed by atoms with Crippen molar-refractivity contribution >= 4 is 21.8 Å². The number of halogens is 1. The Labute approximate surface area is 54.6 Å². The first-order chi connectivity index (χ1) is 3.83. The minimum absolute atomic E-state index is 0.432. The molecular formula is C4H3BrN2O. The Morgan fingerprint density at radius 3 is 2.75 bits per heavy atom. The predicted molar refractivity (Wildman–Crippen MR) is 34.2 cm³/mol. The predicted octanol–water partition coefficient (Wildman–Crippen LogP) is 2.04. The third-order valence-corrected chi connectivity index (χ3v) is 1.19. The summed E-state index contributed by atoms with van der Waals surface area (Å²) in [4.78, 5) is 9.74. The third kappa shape index (κ3) is 0.949. The summed E-state index contributed by atoms with van der Waals surface area (Å²) in [7, 11) is 0. The molecule has 0 bridgehead atoms. The monoisotopic (exact) mass is 174 g/mol. The van der Waals surface area contributed by atoms with Gasteiger partial charge in [-0.05, 0) is 11.2 Å². The average Bonchev–Trinajstić information content (AvgIpc) is 2.14. The quantitative estimate of drug-likeness (QED) is 0.601. The lowest BCUT2D eigenvalue weighted by Crippen LogP contribution is -1.62. The summed E-state index contributed by atoms with van der Waals surface area (Å²) in [5.41, 5.74) is 0.432. The summed E-state index contributed by atoms with van der Waals surface area (Å²) in [5.74, 6) is 0. The Morgan fingerprint density at radius 1 is 1.75 bits per heavy atom. The molecule has 1 rings (SSSR count). The van der Waals surface area contributed by atoms with Gasteiger partial charge in [0.05, 0.1) is 16.1 Å². The molecule has 0 atom stereocenters. The second-order valence-corrected chi connectivity index (χ2v) is 2.12. The fraction of sp³-hybridized carbons (Fsp3) is 0. The van der Waals surface area contributed by atoms with Crippen molar-refractivity contribution in [2.75, 3.05) is 0 Å². The molecule has 42 valence electrons. The fourth-order valence-electron chi connectivity index (χ4n) is 0.414. The van der Waals surface area contributed by atoms with E-state index in [0.29, 0.717) is 5.69 Å². The van der Waals surface area contributed by atoms with Crippen LogP contribution in [0.25, 0.3) is 0 Å². The van der Waals surface area contributed by atoms with Gasteiger partial charge in [0, 0.05) is 12.4 Å². The molecule has 8 heavy (non-hydrogen) atoms.